The molecule has 0 fully saturated rings. The van der Waals surface area contributed by atoms with E-state index < -0.39 is 11.0 Å². The van der Waals surface area contributed by atoms with Gasteiger partial charge < -0.3 is 9.47 Å². The zero-order valence-corrected chi connectivity index (χ0v) is 12.8. The van der Waals surface area contributed by atoms with Crippen molar-refractivity contribution in [3.8, 4) is 5.75 Å². The summed E-state index contributed by atoms with van der Waals surface area (Å²) in [5.74, 6) is 0.706. The van der Waals surface area contributed by atoms with E-state index in [1.807, 2.05) is 0 Å². The number of nitrogens with zero attached hydrogens (tertiary/aromatic N) is 2. The molecule has 0 atom stereocenters. The Bertz CT molecular complexity index is 744. The van der Waals surface area contributed by atoms with Crippen molar-refractivity contribution in [2.75, 3.05) is 7.11 Å². The zero-order chi connectivity index (χ0) is 17.4. The summed E-state index contributed by atoms with van der Waals surface area (Å²) >= 11 is 0. The summed E-state index contributed by atoms with van der Waals surface area (Å²) in [6, 6.07) is 13.1. The van der Waals surface area contributed by atoms with Gasteiger partial charge in [-0.1, -0.05) is 24.3 Å². The predicted octanol–water partition coefficient (Wildman–Crippen LogP) is 2.86. The molecule has 1 amide bonds. The summed E-state index contributed by atoms with van der Waals surface area (Å²) in [5.41, 5.74) is 3.11. The van der Waals surface area contributed by atoms with Gasteiger partial charge in [-0.05, 0) is 23.8 Å². The molecule has 0 saturated carbocycles. The predicted molar refractivity (Wildman–Crippen MR) is 87.0 cm³/mol. The first kappa shape index (κ1) is 16.9. The maximum Gasteiger partial charge on any atom is 0.428 e. The number of amides is 1. The number of hydrogen-bond donors (Lipinski definition) is 1. The van der Waals surface area contributed by atoms with Gasteiger partial charge in [0.1, 0.15) is 12.4 Å². The molecule has 8 heteroatoms. The number of hydrazone groups is 1. The van der Waals surface area contributed by atoms with E-state index in [1.54, 1.807) is 43.5 Å². The number of carbonyl (C=O) groups is 1. The number of para-hydroxylation sites is 1. The molecule has 0 unspecified atom stereocenters. The van der Waals surface area contributed by atoms with Gasteiger partial charge in [-0.3, -0.25) is 10.1 Å². The number of nitrogens with one attached hydrogen (secondary N) is 1. The second-order valence-electron chi connectivity index (χ2n) is 4.61. The van der Waals surface area contributed by atoms with Gasteiger partial charge >= 0.3 is 6.09 Å². The molecular weight excluding hydrogens is 314 g/mol. The Balaban J connectivity index is 1.85. The van der Waals surface area contributed by atoms with Crippen LogP contribution in [0.5, 0.6) is 5.75 Å². The summed E-state index contributed by atoms with van der Waals surface area (Å²) in [6.45, 7) is 0.0663. The molecule has 2 aromatic rings. The maximum absolute atomic E-state index is 11.5. The van der Waals surface area contributed by atoms with Crippen molar-refractivity contribution in [1.29, 1.82) is 0 Å². The zero-order valence-electron chi connectivity index (χ0n) is 12.8. The first-order chi connectivity index (χ1) is 11.6. The van der Waals surface area contributed by atoms with Crippen LogP contribution in [0.3, 0.4) is 0 Å². The van der Waals surface area contributed by atoms with Crippen LogP contribution < -0.4 is 10.2 Å². The molecule has 2 rings (SSSR count). The Kier molecular flexibility index (Phi) is 5.84. The topological polar surface area (TPSA) is 103 Å². The monoisotopic (exact) mass is 329 g/mol. The molecule has 0 bridgehead atoms. The number of ether oxygens (including phenoxy) is 2. The third-order valence-electron chi connectivity index (χ3n) is 3.02. The second kappa shape index (κ2) is 8.28. The lowest BCUT2D eigenvalue weighted by Gasteiger charge is -2.05. The minimum atomic E-state index is -0.763. The number of carbonyl (C=O) groups excluding carboxylic acids is 1. The highest BCUT2D eigenvalue weighted by Crippen LogP contribution is 2.15. The Hall–Kier alpha value is -3.42. The van der Waals surface area contributed by atoms with Crippen molar-refractivity contribution in [1.82, 2.24) is 5.43 Å². The summed E-state index contributed by atoms with van der Waals surface area (Å²) in [6.07, 6.45) is 0.424. The number of rotatable bonds is 6. The van der Waals surface area contributed by atoms with Crippen LogP contribution in [0, 0.1) is 10.1 Å². The summed E-state index contributed by atoms with van der Waals surface area (Å²) < 4.78 is 10.0. The summed E-state index contributed by atoms with van der Waals surface area (Å²) in [5, 5.41) is 14.5. The third kappa shape index (κ3) is 4.80. The Morgan fingerprint density at radius 2 is 1.96 bits per heavy atom. The van der Waals surface area contributed by atoms with Crippen molar-refractivity contribution in [2.45, 2.75) is 6.61 Å². The molecule has 8 nitrogen and oxygen atoms in total. The van der Waals surface area contributed by atoms with Gasteiger partial charge in [0.05, 0.1) is 23.8 Å². The van der Waals surface area contributed by atoms with E-state index in [2.05, 4.69) is 10.5 Å². The largest absolute Gasteiger partial charge is 0.497 e. The molecule has 0 heterocycles. The van der Waals surface area contributed by atoms with E-state index in [0.717, 1.165) is 5.56 Å². The van der Waals surface area contributed by atoms with E-state index >= 15 is 0 Å². The highest BCUT2D eigenvalue weighted by atomic mass is 16.6. The highest BCUT2D eigenvalue weighted by molar-refractivity contribution is 5.85. The maximum atomic E-state index is 11.5. The molecule has 0 aliphatic carbocycles. The van der Waals surface area contributed by atoms with Gasteiger partial charge in [-0.25, -0.2) is 10.2 Å². The third-order valence-corrected chi connectivity index (χ3v) is 3.02. The number of benzene rings is 2. The number of nitro groups is 1. The Morgan fingerprint density at radius 1 is 1.25 bits per heavy atom. The van der Waals surface area contributed by atoms with Gasteiger partial charge in [0.15, 0.2) is 0 Å². The van der Waals surface area contributed by atoms with Crippen LogP contribution in [0.15, 0.2) is 53.6 Å². The molecule has 0 aliphatic heterocycles. The summed E-state index contributed by atoms with van der Waals surface area (Å²) in [4.78, 5) is 21.9. The van der Waals surface area contributed by atoms with Gasteiger partial charge in [-0.2, -0.15) is 5.10 Å². The molecule has 0 saturated heterocycles. The van der Waals surface area contributed by atoms with E-state index in [-0.39, 0.29) is 17.9 Å². The smallest absolute Gasteiger partial charge is 0.428 e. The highest BCUT2D eigenvalue weighted by Gasteiger charge is 2.10. The molecule has 124 valence electrons. The van der Waals surface area contributed by atoms with Crippen LogP contribution in [-0.4, -0.2) is 24.3 Å². The minimum Gasteiger partial charge on any atom is -0.497 e. The first-order valence-electron chi connectivity index (χ1n) is 6.92. The molecule has 0 aliphatic rings. The number of nitro benzene ring substituents is 1. The number of methoxy groups -OCH3 is 1. The van der Waals surface area contributed by atoms with E-state index in [4.69, 9.17) is 9.47 Å². The first-order valence-corrected chi connectivity index (χ1v) is 6.92. The molecule has 0 radical (unpaired) electrons. The SMILES string of the molecule is COc1ccc(COC(=O)NN=Cc2ccccc2[N+](=O)[O-])cc1. The average molecular weight is 329 g/mol. The van der Waals surface area contributed by atoms with E-state index in [0.29, 0.717) is 5.75 Å². The lowest BCUT2D eigenvalue weighted by molar-refractivity contribution is -0.385. The molecule has 0 aromatic heterocycles. The Morgan fingerprint density at radius 3 is 2.62 bits per heavy atom. The normalized spacial score (nSPS) is 10.4. The second-order valence-corrected chi connectivity index (χ2v) is 4.61. The van der Waals surface area contributed by atoms with E-state index in [1.165, 1.54) is 18.3 Å². The Labute approximate surface area is 137 Å². The van der Waals surface area contributed by atoms with Crippen molar-refractivity contribution in [2.24, 2.45) is 5.10 Å². The van der Waals surface area contributed by atoms with Crippen LogP contribution >= 0.6 is 0 Å². The van der Waals surface area contributed by atoms with Crippen molar-refractivity contribution >= 4 is 18.0 Å². The van der Waals surface area contributed by atoms with Crippen molar-refractivity contribution in [3.05, 3.63) is 69.8 Å². The van der Waals surface area contributed by atoms with Gasteiger partial charge in [0.2, 0.25) is 0 Å². The van der Waals surface area contributed by atoms with Gasteiger partial charge in [-0.15, -0.1) is 0 Å². The van der Waals surface area contributed by atoms with E-state index in [9.17, 15) is 14.9 Å². The fraction of sp³-hybridized carbons (Fsp3) is 0.125. The van der Waals surface area contributed by atoms with Crippen molar-refractivity contribution in [3.63, 3.8) is 0 Å². The molecule has 2 aromatic carbocycles. The van der Waals surface area contributed by atoms with Crippen LogP contribution in [0.1, 0.15) is 11.1 Å². The van der Waals surface area contributed by atoms with Crippen LogP contribution in [0.4, 0.5) is 10.5 Å². The molecule has 24 heavy (non-hydrogen) atoms. The average Bonchev–Trinajstić information content (AvgIpc) is 2.60. The summed E-state index contributed by atoms with van der Waals surface area (Å²) in [7, 11) is 1.56. The molecular formula is C16H15N3O5. The molecule has 1 N–H and O–H groups in total. The van der Waals surface area contributed by atoms with Crippen LogP contribution in [0.2, 0.25) is 0 Å². The van der Waals surface area contributed by atoms with Crippen LogP contribution in [-0.2, 0) is 11.3 Å². The fourth-order valence-corrected chi connectivity index (χ4v) is 1.82. The minimum absolute atomic E-state index is 0.0663. The van der Waals surface area contributed by atoms with Crippen molar-refractivity contribution < 1.29 is 19.2 Å². The lowest BCUT2D eigenvalue weighted by Crippen LogP contribution is -2.18. The fourth-order valence-electron chi connectivity index (χ4n) is 1.82. The van der Waals surface area contributed by atoms with Gasteiger partial charge in [0.25, 0.3) is 5.69 Å². The molecule has 0 spiro atoms. The van der Waals surface area contributed by atoms with Crippen LogP contribution in [0.25, 0.3) is 0 Å². The lowest BCUT2D eigenvalue weighted by atomic mass is 10.2. The standard InChI is InChI=1S/C16H15N3O5/c1-23-14-8-6-12(7-9-14)11-24-16(20)18-17-10-13-4-2-3-5-15(13)19(21)22/h2-10H,11H2,1H3,(H,18,20). The number of hydrogen-bond acceptors (Lipinski definition) is 6. The van der Waals surface area contributed by atoms with Gasteiger partial charge in [0, 0.05) is 6.07 Å². The quantitative estimate of drug-likeness (QED) is 0.498.